The smallest absolute Gasteiger partial charge is 0.211 e. The quantitative estimate of drug-likeness (QED) is 0.849. The summed E-state index contributed by atoms with van der Waals surface area (Å²) in [6, 6.07) is 6.01. The van der Waals surface area contributed by atoms with Gasteiger partial charge in [0.25, 0.3) is 0 Å². The lowest BCUT2D eigenvalue weighted by molar-refractivity contribution is 0.578. The van der Waals surface area contributed by atoms with Crippen molar-refractivity contribution < 1.29 is 8.42 Å². The fourth-order valence-electron chi connectivity index (χ4n) is 1.51. The molecular formula is C13H21NO2S. The van der Waals surface area contributed by atoms with E-state index in [0.29, 0.717) is 13.0 Å². The van der Waals surface area contributed by atoms with E-state index < -0.39 is 10.0 Å². The third-order valence-electron chi connectivity index (χ3n) is 2.83. The number of sulfonamides is 1. The normalized spacial score (nSPS) is 11.7. The highest BCUT2D eigenvalue weighted by Crippen LogP contribution is 2.09. The zero-order valence-corrected chi connectivity index (χ0v) is 11.6. The monoisotopic (exact) mass is 255 g/mol. The van der Waals surface area contributed by atoms with Crippen LogP contribution in [0.1, 0.15) is 36.5 Å². The zero-order valence-electron chi connectivity index (χ0n) is 10.8. The number of hydrogen-bond donors (Lipinski definition) is 1. The Balaban J connectivity index is 2.58. The van der Waals surface area contributed by atoms with E-state index in [0.717, 1.165) is 12.0 Å². The summed E-state index contributed by atoms with van der Waals surface area (Å²) in [5, 5.41) is 0. The van der Waals surface area contributed by atoms with Crippen molar-refractivity contribution in [3.8, 4) is 0 Å². The summed E-state index contributed by atoms with van der Waals surface area (Å²) in [5.41, 5.74) is 3.42. The van der Waals surface area contributed by atoms with Crippen LogP contribution in [0.5, 0.6) is 0 Å². The third-order valence-corrected chi connectivity index (χ3v) is 4.24. The highest BCUT2D eigenvalue weighted by atomic mass is 32.2. The predicted molar refractivity (Wildman–Crippen MR) is 71.5 cm³/mol. The van der Waals surface area contributed by atoms with Gasteiger partial charge in [-0.3, -0.25) is 0 Å². The number of benzene rings is 1. The number of rotatable bonds is 6. The molecule has 96 valence electrons. The van der Waals surface area contributed by atoms with Gasteiger partial charge in [-0.05, 0) is 37.0 Å². The fourth-order valence-corrected chi connectivity index (χ4v) is 2.71. The van der Waals surface area contributed by atoms with Crippen LogP contribution in [0.25, 0.3) is 0 Å². The molecule has 0 aliphatic carbocycles. The minimum absolute atomic E-state index is 0.217. The molecule has 0 spiro atoms. The molecule has 1 rings (SSSR count). The third kappa shape index (κ3) is 4.88. The van der Waals surface area contributed by atoms with Crippen LogP contribution >= 0.6 is 0 Å². The Morgan fingerprint density at radius 3 is 2.47 bits per heavy atom. The van der Waals surface area contributed by atoms with Crippen molar-refractivity contribution in [3.05, 3.63) is 34.9 Å². The first-order valence-electron chi connectivity index (χ1n) is 5.98. The van der Waals surface area contributed by atoms with Gasteiger partial charge in [0, 0.05) is 6.54 Å². The second-order valence-corrected chi connectivity index (χ2v) is 6.34. The topological polar surface area (TPSA) is 46.2 Å². The van der Waals surface area contributed by atoms with E-state index in [1.54, 1.807) is 0 Å². The van der Waals surface area contributed by atoms with Crippen LogP contribution in [-0.4, -0.2) is 14.2 Å². The van der Waals surface area contributed by atoms with Crippen LogP contribution < -0.4 is 4.72 Å². The summed E-state index contributed by atoms with van der Waals surface area (Å²) < 4.78 is 25.8. The number of hydrogen-bond acceptors (Lipinski definition) is 2. The standard InChI is InChI=1S/C13H21NO2S/c1-4-5-8-17(15,16)14-10-13-7-6-11(2)12(3)9-13/h6-7,9,14H,4-5,8,10H2,1-3H3. The van der Waals surface area contributed by atoms with Crippen molar-refractivity contribution in [1.29, 1.82) is 0 Å². The molecule has 4 heteroatoms. The van der Waals surface area contributed by atoms with E-state index in [4.69, 9.17) is 0 Å². The van der Waals surface area contributed by atoms with Crippen LogP contribution in [-0.2, 0) is 16.6 Å². The van der Waals surface area contributed by atoms with Gasteiger partial charge in [-0.2, -0.15) is 0 Å². The van der Waals surface area contributed by atoms with E-state index >= 15 is 0 Å². The van der Waals surface area contributed by atoms with Crippen molar-refractivity contribution in [2.24, 2.45) is 0 Å². The molecule has 1 aromatic rings. The molecule has 0 aliphatic rings. The van der Waals surface area contributed by atoms with E-state index in [-0.39, 0.29) is 5.75 Å². The van der Waals surface area contributed by atoms with Crippen molar-refractivity contribution in [3.63, 3.8) is 0 Å². The van der Waals surface area contributed by atoms with Gasteiger partial charge in [0.15, 0.2) is 0 Å². The molecule has 0 saturated carbocycles. The lowest BCUT2D eigenvalue weighted by Crippen LogP contribution is -2.25. The van der Waals surface area contributed by atoms with Crippen molar-refractivity contribution in [1.82, 2.24) is 4.72 Å². The molecule has 0 fully saturated rings. The Kier molecular flexibility index (Phi) is 5.15. The second-order valence-electron chi connectivity index (χ2n) is 4.41. The van der Waals surface area contributed by atoms with Gasteiger partial charge in [-0.25, -0.2) is 13.1 Å². The Bertz CT molecular complexity index is 466. The Morgan fingerprint density at radius 2 is 1.88 bits per heavy atom. The van der Waals surface area contributed by atoms with Gasteiger partial charge in [-0.1, -0.05) is 31.5 Å². The van der Waals surface area contributed by atoms with E-state index in [9.17, 15) is 8.42 Å². The molecular weight excluding hydrogens is 234 g/mol. The molecule has 3 nitrogen and oxygen atoms in total. The molecule has 0 aliphatic heterocycles. The minimum atomic E-state index is -3.11. The van der Waals surface area contributed by atoms with Crippen LogP contribution in [0.15, 0.2) is 18.2 Å². The number of unbranched alkanes of at least 4 members (excludes halogenated alkanes) is 1. The van der Waals surface area contributed by atoms with Crippen molar-refractivity contribution >= 4 is 10.0 Å². The van der Waals surface area contributed by atoms with Crippen LogP contribution in [0.3, 0.4) is 0 Å². The van der Waals surface area contributed by atoms with Crippen LogP contribution in [0, 0.1) is 13.8 Å². The Hall–Kier alpha value is -0.870. The SMILES string of the molecule is CCCCS(=O)(=O)NCc1ccc(C)c(C)c1. The first-order valence-corrected chi connectivity index (χ1v) is 7.63. The van der Waals surface area contributed by atoms with Gasteiger partial charge in [0.05, 0.1) is 5.75 Å². The first-order chi connectivity index (χ1) is 7.94. The molecule has 1 aromatic carbocycles. The molecule has 0 heterocycles. The maximum atomic E-state index is 11.6. The van der Waals surface area contributed by atoms with Crippen LogP contribution in [0.2, 0.25) is 0 Å². The Labute approximate surface area is 104 Å². The van der Waals surface area contributed by atoms with Gasteiger partial charge < -0.3 is 0 Å². The summed E-state index contributed by atoms with van der Waals surface area (Å²) in [4.78, 5) is 0. The summed E-state index contributed by atoms with van der Waals surface area (Å²) in [5.74, 6) is 0.217. The molecule has 0 saturated heterocycles. The Morgan fingerprint density at radius 1 is 1.18 bits per heavy atom. The van der Waals surface area contributed by atoms with E-state index in [1.165, 1.54) is 11.1 Å². The lowest BCUT2D eigenvalue weighted by Gasteiger charge is -2.08. The number of nitrogens with one attached hydrogen (secondary N) is 1. The molecule has 0 unspecified atom stereocenters. The molecule has 17 heavy (non-hydrogen) atoms. The summed E-state index contributed by atoms with van der Waals surface area (Å²) in [6.07, 6.45) is 1.60. The highest BCUT2D eigenvalue weighted by Gasteiger charge is 2.08. The summed E-state index contributed by atoms with van der Waals surface area (Å²) in [6.45, 7) is 6.45. The van der Waals surface area contributed by atoms with Crippen LogP contribution in [0.4, 0.5) is 0 Å². The maximum Gasteiger partial charge on any atom is 0.211 e. The summed E-state index contributed by atoms with van der Waals surface area (Å²) >= 11 is 0. The van der Waals surface area contributed by atoms with Gasteiger partial charge in [0.2, 0.25) is 10.0 Å². The second kappa shape index (κ2) is 6.17. The molecule has 0 atom stereocenters. The molecule has 0 aromatic heterocycles. The largest absolute Gasteiger partial charge is 0.212 e. The molecule has 0 radical (unpaired) electrons. The first kappa shape index (κ1) is 14.2. The maximum absolute atomic E-state index is 11.6. The minimum Gasteiger partial charge on any atom is -0.212 e. The highest BCUT2D eigenvalue weighted by molar-refractivity contribution is 7.89. The zero-order chi connectivity index (χ0) is 12.9. The van der Waals surface area contributed by atoms with Gasteiger partial charge >= 0.3 is 0 Å². The molecule has 0 amide bonds. The number of aryl methyl sites for hydroxylation is 2. The molecule has 0 bridgehead atoms. The molecule has 1 N–H and O–H groups in total. The van der Waals surface area contributed by atoms with E-state index in [2.05, 4.69) is 4.72 Å². The fraction of sp³-hybridized carbons (Fsp3) is 0.538. The summed E-state index contributed by atoms with van der Waals surface area (Å²) in [7, 11) is -3.11. The van der Waals surface area contributed by atoms with E-state index in [1.807, 2.05) is 39.0 Å². The lowest BCUT2D eigenvalue weighted by atomic mass is 10.1. The van der Waals surface area contributed by atoms with Gasteiger partial charge in [0.1, 0.15) is 0 Å². The van der Waals surface area contributed by atoms with Gasteiger partial charge in [-0.15, -0.1) is 0 Å². The average molecular weight is 255 g/mol. The van der Waals surface area contributed by atoms with Crippen molar-refractivity contribution in [2.45, 2.75) is 40.2 Å². The van der Waals surface area contributed by atoms with Crippen molar-refractivity contribution in [2.75, 3.05) is 5.75 Å². The average Bonchev–Trinajstić information content (AvgIpc) is 2.28. The predicted octanol–water partition coefficient (Wildman–Crippen LogP) is 2.52.